The molecule has 1 saturated heterocycles. The van der Waals surface area contributed by atoms with Gasteiger partial charge in [0.05, 0.1) is 6.04 Å². The molecular formula is C26H28N4O2. The Morgan fingerprint density at radius 3 is 2.56 bits per heavy atom. The Labute approximate surface area is 188 Å². The topological polar surface area (TPSA) is 67.3 Å². The number of nitrogens with zero attached hydrogens (tertiary/aromatic N) is 3. The number of aromatic nitrogens is 2. The molecule has 164 valence electrons. The van der Waals surface area contributed by atoms with Crippen molar-refractivity contribution in [3.63, 3.8) is 0 Å². The third-order valence-electron chi connectivity index (χ3n) is 6.50. The quantitative estimate of drug-likeness (QED) is 0.625. The lowest BCUT2D eigenvalue weighted by atomic mass is 9.99. The number of rotatable bonds is 5. The predicted octanol–water partition coefficient (Wildman–Crippen LogP) is 4.92. The zero-order valence-corrected chi connectivity index (χ0v) is 18.3. The number of fused-ring (bicyclic) bond motifs is 1. The highest BCUT2D eigenvalue weighted by atomic mass is 16.5. The molecule has 6 nitrogen and oxygen atoms in total. The first kappa shape index (κ1) is 20.5. The van der Waals surface area contributed by atoms with Crippen LogP contribution in [0.15, 0.2) is 60.9 Å². The lowest BCUT2D eigenvalue weighted by Crippen LogP contribution is -2.33. The fourth-order valence-electron chi connectivity index (χ4n) is 4.56. The van der Waals surface area contributed by atoms with Crippen LogP contribution < -0.4 is 15.0 Å². The van der Waals surface area contributed by atoms with E-state index < -0.39 is 0 Å². The fraction of sp³-hybridized carbons (Fsp3) is 0.346. The van der Waals surface area contributed by atoms with Crippen molar-refractivity contribution in [1.29, 1.82) is 0 Å². The number of benzene rings is 2. The maximum atomic E-state index is 12.8. The van der Waals surface area contributed by atoms with Crippen molar-refractivity contribution in [2.24, 2.45) is 5.92 Å². The van der Waals surface area contributed by atoms with Crippen LogP contribution in [0.4, 0.5) is 5.82 Å². The van der Waals surface area contributed by atoms with E-state index in [4.69, 9.17) is 4.74 Å². The fourth-order valence-corrected chi connectivity index (χ4v) is 4.56. The van der Waals surface area contributed by atoms with E-state index in [0.717, 1.165) is 50.5 Å². The summed E-state index contributed by atoms with van der Waals surface area (Å²) in [5.74, 6) is 2.59. The van der Waals surface area contributed by atoms with Gasteiger partial charge < -0.3 is 15.0 Å². The van der Waals surface area contributed by atoms with Gasteiger partial charge in [0.1, 0.15) is 5.75 Å². The number of anilines is 1. The van der Waals surface area contributed by atoms with Crippen molar-refractivity contribution < 1.29 is 9.53 Å². The Balaban J connectivity index is 1.25. The van der Waals surface area contributed by atoms with Crippen molar-refractivity contribution in [3.05, 3.63) is 77.6 Å². The first-order chi connectivity index (χ1) is 15.7. The number of nitrogens with one attached hydrogen (secondary N) is 1. The van der Waals surface area contributed by atoms with Gasteiger partial charge >= 0.3 is 0 Å². The molecule has 0 unspecified atom stereocenters. The lowest BCUT2D eigenvalue weighted by Gasteiger charge is -2.31. The molecule has 1 aliphatic carbocycles. The van der Waals surface area contributed by atoms with Crippen LogP contribution in [0.3, 0.4) is 0 Å². The molecule has 2 heterocycles. The second kappa shape index (κ2) is 8.99. The highest BCUT2D eigenvalue weighted by molar-refractivity contribution is 5.94. The van der Waals surface area contributed by atoms with E-state index in [-0.39, 0.29) is 11.9 Å². The molecule has 5 rings (SSSR count). The summed E-state index contributed by atoms with van der Waals surface area (Å²) in [7, 11) is 0. The summed E-state index contributed by atoms with van der Waals surface area (Å²) in [5.41, 5.74) is 3.17. The summed E-state index contributed by atoms with van der Waals surface area (Å²) in [6.45, 7) is 4.20. The van der Waals surface area contributed by atoms with Crippen LogP contribution in [-0.2, 0) is 6.42 Å². The molecule has 6 heteroatoms. The SMILES string of the molecule is CC1CCN(c2nccnc2Oc2ccc(C(=O)N[C@@H]3CCc4ccccc43)cc2)CC1. The number of ether oxygens (including phenoxy) is 1. The van der Waals surface area contributed by atoms with E-state index in [9.17, 15) is 4.79 Å². The minimum Gasteiger partial charge on any atom is -0.436 e. The number of amides is 1. The van der Waals surface area contributed by atoms with Gasteiger partial charge in [-0.2, -0.15) is 0 Å². The van der Waals surface area contributed by atoms with Gasteiger partial charge in [0.2, 0.25) is 0 Å². The van der Waals surface area contributed by atoms with Gasteiger partial charge in [-0.1, -0.05) is 31.2 Å². The monoisotopic (exact) mass is 428 g/mol. The van der Waals surface area contributed by atoms with E-state index in [2.05, 4.69) is 45.3 Å². The van der Waals surface area contributed by atoms with Crippen molar-refractivity contribution in [1.82, 2.24) is 15.3 Å². The van der Waals surface area contributed by atoms with Crippen LogP contribution in [0.25, 0.3) is 0 Å². The smallest absolute Gasteiger partial charge is 0.263 e. The summed E-state index contributed by atoms with van der Waals surface area (Å²) >= 11 is 0. The molecule has 1 aliphatic heterocycles. The van der Waals surface area contributed by atoms with E-state index in [1.54, 1.807) is 24.5 Å². The molecule has 0 spiro atoms. The van der Waals surface area contributed by atoms with E-state index >= 15 is 0 Å². The van der Waals surface area contributed by atoms with Crippen LogP contribution in [0.2, 0.25) is 0 Å². The molecule has 0 radical (unpaired) electrons. The molecule has 0 bridgehead atoms. The minimum atomic E-state index is -0.0686. The normalized spacial score (nSPS) is 18.3. The average Bonchev–Trinajstić information content (AvgIpc) is 3.23. The van der Waals surface area contributed by atoms with Gasteiger partial charge in [0.25, 0.3) is 11.8 Å². The molecule has 1 amide bonds. The summed E-state index contributed by atoms with van der Waals surface area (Å²) in [5, 5.41) is 3.17. The summed E-state index contributed by atoms with van der Waals surface area (Å²) in [6, 6.07) is 15.6. The number of hydrogen-bond donors (Lipinski definition) is 1. The zero-order valence-electron chi connectivity index (χ0n) is 18.3. The second-order valence-corrected chi connectivity index (χ2v) is 8.74. The van der Waals surface area contributed by atoms with Gasteiger partial charge in [0.15, 0.2) is 5.82 Å². The third kappa shape index (κ3) is 4.31. The van der Waals surface area contributed by atoms with E-state index in [1.165, 1.54) is 11.1 Å². The van der Waals surface area contributed by atoms with Crippen molar-refractivity contribution in [3.8, 4) is 11.6 Å². The van der Waals surface area contributed by atoms with Gasteiger partial charge in [-0.3, -0.25) is 4.79 Å². The third-order valence-corrected chi connectivity index (χ3v) is 6.50. The number of piperidine rings is 1. The largest absolute Gasteiger partial charge is 0.436 e. The second-order valence-electron chi connectivity index (χ2n) is 8.74. The lowest BCUT2D eigenvalue weighted by molar-refractivity contribution is 0.0936. The minimum absolute atomic E-state index is 0.0686. The Morgan fingerprint density at radius 2 is 1.75 bits per heavy atom. The standard InChI is InChI=1S/C26H28N4O2/c1-18-12-16-30(17-13-18)24-26(28-15-14-27-24)32-21-9-6-20(7-10-21)25(31)29-23-11-8-19-4-2-3-5-22(19)23/h2-7,9-10,14-15,18,23H,8,11-13,16-17H2,1H3,(H,29,31)/t23-/m1/s1. The van der Waals surface area contributed by atoms with E-state index in [0.29, 0.717) is 17.2 Å². The summed E-state index contributed by atoms with van der Waals surface area (Å²) in [6.07, 6.45) is 7.58. The Bertz CT molecular complexity index is 1090. The molecule has 0 saturated carbocycles. The van der Waals surface area contributed by atoms with Crippen LogP contribution in [0.1, 0.15) is 53.7 Å². The van der Waals surface area contributed by atoms with Crippen molar-refractivity contribution >= 4 is 11.7 Å². The average molecular weight is 429 g/mol. The molecule has 1 atom stereocenters. The van der Waals surface area contributed by atoms with Gasteiger partial charge in [-0.05, 0) is 67.0 Å². The molecule has 1 fully saturated rings. The Hall–Kier alpha value is -3.41. The molecular weight excluding hydrogens is 400 g/mol. The first-order valence-electron chi connectivity index (χ1n) is 11.4. The van der Waals surface area contributed by atoms with Crippen LogP contribution in [0.5, 0.6) is 11.6 Å². The van der Waals surface area contributed by atoms with Gasteiger partial charge in [0, 0.05) is 31.0 Å². The van der Waals surface area contributed by atoms with E-state index in [1.807, 2.05) is 18.2 Å². The number of carbonyl (C=O) groups excluding carboxylic acids is 1. The molecule has 32 heavy (non-hydrogen) atoms. The first-order valence-corrected chi connectivity index (χ1v) is 11.4. The maximum Gasteiger partial charge on any atom is 0.263 e. The highest BCUT2D eigenvalue weighted by Gasteiger charge is 2.24. The number of aryl methyl sites for hydroxylation is 1. The number of carbonyl (C=O) groups is 1. The molecule has 3 aromatic rings. The molecule has 1 aromatic heterocycles. The van der Waals surface area contributed by atoms with Crippen LogP contribution in [0, 0.1) is 5.92 Å². The molecule has 2 aliphatic rings. The van der Waals surface area contributed by atoms with Crippen LogP contribution in [-0.4, -0.2) is 29.0 Å². The van der Waals surface area contributed by atoms with Gasteiger partial charge in [-0.25, -0.2) is 9.97 Å². The van der Waals surface area contributed by atoms with Crippen molar-refractivity contribution in [2.45, 2.75) is 38.6 Å². The predicted molar refractivity (Wildman–Crippen MR) is 124 cm³/mol. The maximum absolute atomic E-state index is 12.8. The zero-order chi connectivity index (χ0) is 21.9. The van der Waals surface area contributed by atoms with Crippen molar-refractivity contribution in [2.75, 3.05) is 18.0 Å². The van der Waals surface area contributed by atoms with Crippen LogP contribution >= 0.6 is 0 Å². The molecule has 2 aromatic carbocycles. The van der Waals surface area contributed by atoms with Gasteiger partial charge in [-0.15, -0.1) is 0 Å². The summed E-state index contributed by atoms with van der Waals surface area (Å²) < 4.78 is 6.06. The molecule has 1 N–H and O–H groups in total. The summed E-state index contributed by atoms with van der Waals surface area (Å²) in [4.78, 5) is 24.0. The Morgan fingerprint density at radius 1 is 1.00 bits per heavy atom. The highest BCUT2D eigenvalue weighted by Crippen LogP contribution is 2.32. The number of hydrogen-bond acceptors (Lipinski definition) is 5. The Kier molecular flexibility index (Phi) is 5.75.